The van der Waals surface area contributed by atoms with Crippen LogP contribution in [0.5, 0.6) is 0 Å². The maximum absolute atomic E-state index is 11.6. The quantitative estimate of drug-likeness (QED) is 0.824. The van der Waals surface area contributed by atoms with E-state index in [4.69, 9.17) is 5.11 Å². The first-order valence-corrected chi connectivity index (χ1v) is 6.37. The molecule has 3 atom stereocenters. The van der Waals surface area contributed by atoms with Crippen molar-refractivity contribution in [1.82, 2.24) is 10.3 Å². The maximum Gasteiger partial charge on any atom is 0.307 e. The number of amides is 1. The lowest BCUT2D eigenvalue weighted by atomic mass is 10.2. The van der Waals surface area contributed by atoms with Crippen molar-refractivity contribution in [2.45, 2.75) is 19.3 Å². The summed E-state index contributed by atoms with van der Waals surface area (Å²) in [6.45, 7) is 2.50. The average Bonchev–Trinajstić information content (AvgIpc) is 2.93. The minimum Gasteiger partial charge on any atom is -0.481 e. The van der Waals surface area contributed by atoms with Crippen LogP contribution in [-0.4, -0.2) is 28.5 Å². The zero-order valence-corrected chi connectivity index (χ0v) is 10.2. The zero-order valence-electron chi connectivity index (χ0n) is 9.42. The number of thiazole rings is 1. The third kappa shape index (κ3) is 2.82. The summed E-state index contributed by atoms with van der Waals surface area (Å²) in [4.78, 5) is 26.4. The number of aromatic nitrogens is 1. The van der Waals surface area contributed by atoms with Crippen LogP contribution in [-0.2, 0) is 9.59 Å². The predicted molar refractivity (Wildman–Crippen MR) is 62.8 cm³/mol. The molecule has 17 heavy (non-hydrogen) atoms. The van der Waals surface area contributed by atoms with Gasteiger partial charge in [-0.1, -0.05) is 6.92 Å². The fourth-order valence-electron chi connectivity index (χ4n) is 1.71. The summed E-state index contributed by atoms with van der Waals surface area (Å²) in [6, 6.07) is 0. The smallest absolute Gasteiger partial charge is 0.307 e. The van der Waals surface area contributed by atoms with Crippen molar-refractivity contribution in [1.29, 1.82) is 0 Å². The van der Waals surface area contributed by atoms with Gasteiger partial charge in [0.1, 0.15) is 0 Å². The van der Waals surface area contributed by atoms with Crippen LogP contribution >= 0.6 is 11.3 Å². The molecule has 0 aromatic carbocycles. The lowest BCUT2D eigenvalue weighted by Gasteiger charge is -2.09. The number of carboxylic acid groups (broad SMARTS) is 1. The second-order valence-electron chi connectivity index (χ2n) is 4.30. The predicted octanol–water partition coefficient (Wildman–Crippen LogP) is 1.08. The molecule has 0 aliphatic heterocycles. The summed E-state index contributed by atoms with van der Waals surface area (Å²) in [5.74, 6) is -1.68. The Morgan fingerprint density at radius 1 is 1.65 bits per heavy atom. The molecule has 1 aromatic rings. The first-order valence-electron chi connectivity index (χ1n) is 5.49. The van der Waals surface area contributed by atoms with Gasteiger partial charge in [-0.3, -0.25) is 9.59 Å². The van der Waals surface area contributed by atoms with Gasteiger partial charge < -0.3 is 10.4 Å². The largest absolute Gasteiger partial charge is 0.481 e. The number of nitrogens with one attached hydrogen (secondary N) is 1. The van der Waals surface area contributed by atoms with Crippen LogP contribution in [0.2, 0.25) is 0 Å². The Morgan fingerprint density at radius 2 is 2.41 bits per heavy atom. The van der Waals surface area contributed by atoms with E-state index in [2.05, 4.69) is 10.3 Å². The summed E-state index contributed by atoms with van der Waals surface area (Å²) in [6.07, 6.45) is 2.20. The van der Waals surface area contributed by atoms with Crippen molar-refractivity contribution in [3.05, 3.63) is 16.6 Å². The maximum atomic E-state index is 11.6. The normalized spacial score (nSPS) is 24.1. The monoisotopic (exact) mass is 254 g/mol. The highest BCUT2D eigenvalue weighted by atomic mass is 32.1. The number of hydrogen-bond acceptors (Lipinski definition) is 4. The van der Waals surface area contributed by atoms with Gasteiger partial charge in [-0.15, -0.1) is 11.3 Å². The molecule has 6 heteroatoms. The van der Waals surface area contributed by atoms with E-state index < -0.39 is 11.9 Å². The Labute approximate surface area is 103 Å². The standard InChI is InChI=1S/C11H14N2O3S/c1-6(10-12-2-3-17-10)5-13-9(14)7-4-8(7)11(15)16/h2-3,6-8H,4-5H2,1H3,(H,13,14)(H,15,16)/t6?,7-,8+/m1/s1. The number of nitrogens with zero attached hydrogens (tertiary/aromatic N) is 1. The van der Waals surface area contributed by atoms with E-state index in [-0.39, 0.29) is 17.7 Å². The summed E-state index contributed by atoms with van der Waals surface area (Å²) in [5.41, 5.74) is 0. The fourth-order valence-corrected chi connectivity index (χ4v) is 2.41. The van der Waals surface area contributed by atoms with Gasteiger partial charge in [0.15, 0.2) is 0 Å². The average molecular weight is 254 g/mol. The fraction of sp³-hybridized carbons (Fsp3) is 0.545. The minimum atomic E-state index is -0.877. The molecular weight excluding hydrogens is 240 g/mol. The van der Waals surface area contributed by atoms with Gasteiger partial charge in [-0.2, -0.15) is 0 Å². The molecule has 0 spiro atoms. The van der Waals surface area contributed by atoms with Gasteiger partial charge >= 0.3 is 5.97 Å². The second kappa shape index (κ2) is 4.83. The van der Waals surface area contributed by atoms with E-state index in [1.807, 2.05) is 12.3 Å². The van der Waals surface area contributed by atoms with Crippen LogP contribution < -0.4 is 5.32 Å². The van der Waals surface area contributed by atoms with E-state index in [0.717, 1.165) is 5.01 Å². The van der Waals surface area contributed by atoms with E-state index >= 15 is 0 Å². The molecule has 1 fully saturated rings. The molecule has 1 heterocycles. The molecule has 0 radical (unpaired) electrons. The molecule has 0 bridgehead atoms. The van der Waals surface area contributed by atoms with E-state index in [0.29, 0.717) is 13.0 Å². The molecular formula is C11H14N2O3S. The molecule has 92 valence electrons. The number of carbonyl (C=O) groups excluding carboxylic acids is 1. The van der Waals surface area contributed by atoms with Gasteiger partial charge in [-0.05, 0) is 6.42 Å². The molecule has 2 rings (SSSR count). The van der Waals surface area contributed by atoms with Crippen LogP contribution in [0.25, 0.3) is 0 Å². The highest BCUT2D eigenvalue weighted by Crippen LogP contribution is 2.38. The summed E-state index contributed by atoms with van der Waals surface area (Å²) >= 11 is 1.56. The third-order valence-corrected chi connectivity index (χ3v) is 3.91. The topological polar surface area (TPSA) is 79.3 Å². The molecule has 1 unspecified atom stereocenters. The highest BCUT2D eigenvalue weighted by molar-refractivity contribution is 7.09. The number of carbonyl (C=O) groups is 2. The minimum absolute atomic E-state index is 0.152. The van der Waals surface area contributed by atoms with Crippen molar-refractivity contribution in [2.24, 2.45) is 11.8 Å². The van der Waals surface area contributed by atoms with Crippen molar-refractivity contribution in [3.63, 3.8) is 0 Å². The molecule has 1 saturated carbocycles. The van der Waals surface area contributed by atoms with Crippen molar-refractivity contribution < 1.29 is 14.7 Å². The van der Waals surface area contributed by atoms with E-state index in [1.54, 1.807) is 17.5 Å². The number of aliphatic carboxylic acids is 1. The van der Waals surface area contributed by atoms with Gasteiger partial charge in [0.2, 0.25) is 5.91 Å². The van der Waals surface area contributed by atoms with Gasteiger partial charge in [0.05, 0.1) is 16.8 Å². The van der Waals surface area contributed by atoms with Gasteiger partial charge in [-0.25, -0.2) is 4.98 Å². The Morgan fingerprint density at radius 3 is 2.94 bits per heavy atom. The lowest BCUT2D eigenvalue weighted by molar-refractivity contribution is -0.140. The first-order chi connectivity index (χ1) is 8.09. The summed E-state index contributed by atoms with van der Waals surface area (Å²) in [5, 5.41) is 14.4. The molecule has 1 aliphatic carbocycles. The SMILES string of the molecule is CC(CNC(=O)[C@@H]1C[C@@H]1C(=O)O)c1nccs1. The number of hydrogen-bond donors (Lipinski definition) is 2. The zero-order chi connectivity index (χ0) is 12.4. The van der Waals surface area contributed by atoms with Crippen LogP contribution in [0.3, 0.4) is 0 Å². The van der Waals surface area contributed by atoms with Crippen molar-refractivity contribution in [3.8, 4) is 0 Å². The van der Waals surface area contributed by atoms with Crippen LogP contribution in [0, 0.1) is 11.8 Å². The molecule has 1 aromatic heterocycles. The number of rotatable bonds is 5. The van der Waals surface area contributed by atoms with E-state index in [1.165, 1.54) is 0 Å². The second-order valence-corrected chi connectivity index (χ2v) is 5.23. The van der Waals surface area contributed by atoms with Crippen LogP contribution in [0.1, 0.15) is 24.3 Å². The first kappa shape index (κ1) is 12.0. The van der Waals surface area contributed by atoms with Crippen LogP contribution in [0.15, 0.2) is 11.6 Å². The van der Waals surface area contributed by atoms with Crippen molar-refractivity contribution >= 4 is 23.2 Å². The Hall–Kier alpha value is -1.43. The number of carboxylic acids is 1. The van der Waals surface area contributed by atoms with Crippen molar-refractivity contribution in [2.75, 3.05) is 6.54 Å². The Balaban J connectivity index is 1.76. The van der Waals surface area contributed by atoms with Gasteiger partial charge in [0.25, 0.3) is 0 Å². The summed E-state index contributed by atoms with van der Waals surface area (Å²) in [7, 11) is 0. The molecule has 5 nitrogen and oxygen atoms in total. The summed E-state index contributed by atoms with van der Waals surface area (Å²) < 4.78 is 0. The third-order valence-electron chi connectivity index (χ3n) is 2.90. The van der Waals surface area contributed by atoms with Crippen LogP contribution in [0.4, 0.5) is 0 Å². The molecule has 1 aliphatic rings. The molecule has 1 amide bonds. The lowest BCUT2D eigenvalue weighted by Crippen LogP contribution is -2.29. The van der Waals surface area contributed by atoms with Gasteiger partial charge in [0, 0.05) is 24.0 Å². The molecule has 0 saturated heterocycles. The molecule has 2 N–H and O–H groups in total. The Bertz CT molecular complexity index is 418. The Kier molecular flexibility index (Phi) is 3.42. The van der Waals surface area contributed by atoms with E-state index in [9.17, 15) is 9.59 Å². The highest BCUT2D eigenvalue weighted by Gasteiger charge is 2.48.